The maximum atomic E-state index is 14.3. The molecule has 3 heterocycles. The molecule has 0 aliphatic carbocycles. The van der Waals surface area contributed by atoms with Crippen LogP contribution in [0.15, 0.2) is 42.5 Å². The van der Waals surface area contributed by atoms with E-state index < -0.39 is 0 Å². The molecule has 0 atom stereocenters. The molecule has 0 saturated heterocycles. The molecule has 4 aromatic rings. The molecule has 2 aromatic carbocycles. The molecule has 7 heteroatoms. The van der Waals surface area contributed by atoms with E-state index in [1.165, 1.54) is 31.2 Å². The van der Waals surface area contributed by atoms with E-state index in [9.17, 15) is 9.18 Å². The second-order valence-corrected chi connectivity index (χ2v) is 8.09. The molecule has 0 spiro atoms. The maximum absolute atomic E-state index is 14.3. The second-order valence-electron chi connectivity index (χ2n) is 8.09. The summed E-state index contributed by atoms with van der Waals surface area (Å²) in [5.74, 6) is -0.419. The van der Waals surface area contributed by atoms with Crippen LogP contribution in [0.25, 0.3) is 21.8 Å². The number of para-hydroxylation sites is 1. The van der Waals surface area contributed by atoms with Gasteiger partial charge in [0.1, 0.15) is 0 Å². The summed E-state index contributed by atoms with van der Waals surface area (Å²) in [6.45, 7) is 1.58. The van der Waals surface area contributed by atoms with Crippen molar-refractivity contribution in [2.24, 2.45) is 0 Å². The van der Waals surface area contributed by atoms with Crippen molar-refractivity contribution in [3.8, 4) is 5.75 Å². The number of rotatable bonds is 5. The van der Waals surface area contributed by atoms with Gasteiger partial charge >= 0.3 is 5.97 Å². The van der Waals surface area contributed by atoms with E-state index in [-0.39, 0.29) is 24.1 Å². The van der Waals surface area contributed by atoms with Gasteiger partial charge in [-0.1, -0.05) is 24.3 Å². The van der Waals surface area contributed by atoms with Crippen LogP contribution in [0, 0.1) is 5.82 Å². The van der Waals surface area contributed by atoms with Gasteiger partial charge in [-0.05, 0) is 35.7 Å². The molecule has 1 aliphatic rings. The van der Waals surface area contributed by atoms with Crippen LogP contribution < -0.4 is 4.74 Å². The summed E-state index contributed by atoms with van der Waals surface area (Å²) >= 11 is 0. The highest BCUT2D eigenvalue weighted by Crippen LogP contribution is 2.35. The molecule has 0 amide bonds. The quantitative estimate of drug-likeness (QED) is 0.482. The van der Waals surface area contributed by atoms with Crippen LogP contribution in [0.1, 0.15) is 22.5 Å². The first-order valence-electron chi connectivity index (χ1n) is 10.6. The molecule has 5 rings (SSSR count). The third-order valence-corrected chi connectivity index (χ3v) is 6.13. The predicted molar refractivity (Wildman–Crippen MR) is 120 cm³/mol. The van der Waals surface area contributed by atoms with E-state index in [2.05, 4.69) is 22.0 Å². The maximum Gasteiger partial charge on any atom is 0.319 e. The normalized spacial score (nSPS) is 14.0. The third kappa shape index (κ3) is 3.58. The number of nitrogens with zero attached hydrogens (tertiary/aromatic N) is 2. The Morgan fingerprint density at radius 2 is 2.06 bits per heavy atom. The Kier molecular flexibility index (Phi) is 5.27. The number of H-pyrrole nitrogens is 1. The van der Waals surface area contributed by atoms with E-state index in [1.807, 2.05) is 18.2 Å². The molecule has 6 nitrogen and oxygen atoms in total. The fourth-order valence-corrected chi connectivity index (χ4v) is 4.59. The molecule has 32 heavy (non-hydrogen) atoms. The number of pyridine rings is 1. The van der Waals surface area contributed by atoms with E-state index >= 15 is 0 Å². The summed E-state index contributed by atoms with van der Waals surface area (Å²) in [5, 5.41) is 2.33. The third-order valence-electron chi connectivity index (χ3n) is 6.13. The average Bonchev–Trinajstić information content (AvgIpc) is 3.19. The van der Waals surface area contributed by atoms with Crippen molar-refractivity contribution < 1.29 is 18.7 Å². The average molecular weight is 433 g/mol. The number of benzene rings is 2. The summed E-state index contributed by atoms with van der Waals surface area (Å²) in [5.41, 5.74) is 5.89. The molecule has 0 fully saturated rings. The number of nitrogens with one attached hydrogen (secondary N) is 1. The molecular weight excluding hydrogens is 409 g/mol. The predicted octanol–water partition coefficient (Wildman–Crippen LogP) is 3.99. The molecule has 1 aliphatic heterocycles. The minimum absolute atomic E-state index is 0.223. The Morgan fingerprint density at radius 1 is 1.22 bits per heavy atom. The van der Waals surface area contributed by atoms with Crippen LogP contribution in [0.5, 0.6) is 5.75 Å². The smallest absolute Gasteiger partial charge is 0.319 e. The first-order valence-corrected chi connectivity index (χ1v) is 10.6. The van der Waals surface area contributed by atoms with Gasteiger partial charge in [0.15, 0.2) is 11.6 Å². The van der Waals surface area contributed by atoms with Crippen molar-refractivity contribution in [3.63, 3.8) is 0 Å². The number of aromatic nitrogens is 2. The highest BCUT2D eigenvalue weighted by molar-refractivity contribution is 6.10. The van der Waals surface area contributed by atoms with Crippen molar-refractivity contribution in [3.05, 3.63) is 70.8 Å². The number of hydrogen-bond donors (Lipinski definition) is 1. The van der Waals surface area contributed by atoms with Crippen LogP contribution in [0.4, 0.5) is 4.39 Å². The Labute approximate surface area is 185 Å². The largest absolute Gasteiger partial charge is 0.494 e. The van der Waals surface area contributed by atoms with Crippen LogP contribution in [0.2, 0.25) is 0 Å². The standard InChI is InChI=1S/C25H24FN3O3/c1-31-22-8-7-15(11-18(22)26)12-20-25-24(16-5-3-4-6-19(16)28-25)17-9-10-29(13-21(17)27-20)14-23(30)32-2/h3-8,11,28H,9-10,12-14H2,1-2H3. The number of carbonyl (C=O) groups is 1. The number of aromatic amines is 1. The zero-order chi connectivity index (χ0) is 22.2. The second kappa shape index (κ2) is 8.24. The molecule has 164 valence electrons. The zero-order valence-electron chi connectivity index (χ0n) is 18.1. The van der Waals surface area contributed by atoms with Crippen molar-refractivity contribution in [1.82, 2.24) is 14.9 Å². The van der Waals surface area contributed by atoms with Gasteiger partial charge in [-0.3, -0.25) is 14.7 Å². The zero-order valence-corrected chi connectivity index (χ0v) is 18.1. The van der Waals surface area contributed by atoms with Gasteiger partial charge in [0.05, 0.1) is 37.7 Å². The molecule has 0 bridgehead atoms. The Morgan fingerprint density at radius 3 is 2.84 bits per heavy atom. The number of ether oxygens (including phenoxy) is 2. The van der Waals surface area contributed by atoms with Crippen LogP contribution in [-0.2, 0) is 28.9 Å². The van der Waals surface area contributed by atoms with Gasteiger partial charge in [0, 0.05) is 35.8 Å². The van der Waals surface area contributed by atoms with Gasteiger partial charge < -0.3 is 14.5 Å². The summed E-state index contributed by atoms with van der Waals surface area (Å²) < 4.78 is 24.2. The fraction of sp³-hybridized carbons (Fsp3) is 0.280. The van der Waals surface area contributed by atoms with Gasteiger partial charge in [0.2, 0.25) is 0 Å². The van der Waals surface area contributed by atoms with Crippen LogP contribution in [-0.4, -0.2) is 48.1 Å². The summed E-state index contributed by atoms with van der Waals surface area (Å²) in [4.78, 5) is 22.4. The summed E-state index contributed by atoms with van der Waals surface area (Å²) in [7, 11) is 2.86. The molecule has 1 N–H and O–H groups in total. The molecule has 0 saturated carbocycles. The SMILES string of the molecule is COC(=O)CN1CCc2c(nc(Cc3ccc(OC)c(F)c3)c3[nH]c4ccccc4c23)C1. The number of hydrogen-bond acceptors (Lipinski definition) is 5. The van der Waals surface area contributed by atoms with E-state index in [0.717, 1.165) is 46.3 Å². The molecule has 2 aromatic heterocycles. The lowest BCUT2D eigenvalue weighted by Gasteiger charge is -2.28. The number of fused-ring (bicyclic) bond motifs is 5. The highest BCUT2D eigenvalue weighted by Gasteiger charge is 2.25. The topological polar surface area (TPSA) is 67.4 Å². The lowest BCUT2D eigenvalue weighted by Crippen LogP contribution is -2.36. The minimum Gasteiger partial charge on any atom is -0.494 e. The minimum atomic E-state index is -0.389. The van der Waals surface area contributed by atoms with Crippen molar-refractivity contribution >= 4 is 27.8 Å². The number of carbonyl (C=O) groups excluding carboxylic acids is 1. The van der Waals surface area contributed by atoms with Gasteiger partial charge in [0.25, 0.3) is 0 Å². The molecule has 0 radical (unpaired) electrons. The summed E-state index contributed by atoms with van der Waals surface area (Å²) in [6.07, 6.45) is 1.28. The lowest BCUT2D eigenvalue weighted by atomic mass is 9.96. The van der Waals surface area contributed by atoms with Crippen molar-refractivity contribution in [2.45, 2.75) is 19.4 Å². The van der Waals surface area contributed by atoms with Crippen molar-refractivity contribution in [2.75, 3.05) is 27.3 Å². The Bertz CT molecular complexity index is 1330. The number of methoxy groups -OCH3 is 2. The van der Waals surface area contributed by atoms with Crippen LogP contribution in [0.3, 0.4) is 0 Å². The monoisotopic (exact) mass is 433 g/mol. The number of esters is 1. The first-order chi connectivity index (χ1) is 15.6. The molecule has 0 unspecified atom stereocenters. The summed E-state index contributed by atoms with van der Waals surface area (Å²) in [6, 6.07) is 13.2. The van der Waals surface area contributed by atoms with E-state index in [0.29, 0.717) is 13.0 Å². The van der Waals surface area contributed by atoms with E-state index in [4.69, 9.17) is 14.5 Å². The molecular formula is C25H24FN3O3. The Hall–Kier alpha value is -3.45. The van der Waals surface area contributed by atoms with Crippen molar-refractivity contribution in [1.29, 1.82) is 0 Å². The van der Waals surface area contributed by atoms with E-state index in [1.54, 1.807) is 6.07 Å². The van der Waals surface area contributed by atoms with Gasteiger partial charge in [-0.25, -0.2) is 4.39 Å². The van der Waals surface area contributed by atoms with Gasteiger partial charge in [-0.2, -0.15) is 0 Å². The Balaban J connectivity index is 1.62. The lowest BCUT2D eigenvalue weighted by molar-refractivity contribution is -0.142. The first kappa shape index (κ1) is 20.5. The highest BCUT2D eigenvalue weighted by atomic mass is 19.1. The van der Waals surface area contributed by atoms with Crippen LogP contribution >= 0.6 is 0 Å². The number of halogens is 1. The fourth-order valence-electron chi connectivity index (χ4n) is 4.59. The van der Waals surface area contributed by atoms with Gasteiger partial charge in [-0.15, -0.1) is 0 Å².